The van der Waals surface area contributed by atoms with Gasteiger partial charge in [-0.25, -0.2) is 0 Å². The van der Waals surface area contributed by atoms with Gasteiger partial charge in [0.2, 0.25) is 5.91 Å². The van der Waals surface area contributed by atoms with Gasteiger partial charge in [0.25, 0.3) is 0 Å². The summed E-state index contributed by atoms with van der Waals surface area (Å²) < 4.78 is 0. The molecule has 3 nitrogen and oxygen atoms in total. The van der Waals surface area contributed by atoms with Crippen molar-refractivity contribution in [3.8, 4) is 0 Å². The maximum atomic E-state index is 11.7. The largest absolute Gasteiger partial charge is 0.368 e. The lowest BCUT2D eigenvalue weighted by Gasteiger charge is -2.43. The van der Waals surface area contributed by atoms with Gasteiger partial charge in [-0.15, -0.1) is 0 Å². The van der Waals surface area contributed by atoms with Crippen LogP contribution in [0.5, 0.6) is 0 Å². The van der Waals surface area contributed by atoms with Gasteiger partial charge >= 0.3 is 0 Å². The van der Waals surface area contributed by atoms with Crippen LogP contribution in [0.3, 0.4) is 0 Å². The molecule has 0 unspecified atom stereocenters. The zero-order valence-electron chi connectivity index (χ0n) is 12.0. The number of nitrogens with one attached hydrogen (secondary N) is 1. The molecule has 0 bridgehead atoms. The van der Waals surface area contributed by atoms with Crippen molar-refractivity contribution in [1.82, 2.24) is 5.32 Å². The molecule has 1 aliphatic rings. The van der Waals surface area contributed by atoms with Crippen molar-refractivity contribution >= 4 is 5.91 Å². The number of primary amides is 1. The Morgan fingerprint density at radius 2 is 1.76 bits per heavy atom. The molecule has 0 aromatic carbocycles. The molecule has 1 rings (SSSR count). The lowest BCUT2D eigenvalue weighted by molar-refractivity contribution is -0.127. The zero-order valence-corrected chi connectivity index (χ0v) is 12.0. The Bertz CT molecular complexity index is 270. The van der Waals surface area contributed by atoms with Crippen LogP contribution in [-0.4, -0.2) is 17.5 Å². The van der Waals surface area contributed by atoms with Crippen LogP contribution in [0.15, 0.2) is 0 Å². The quantitative estimate of drug-likeness (QED) is 0.796. The van der Waals surface area contributed by atoms with Crippen molar-refractivity contribution in [2.24, 2.45) is 17.1 Å². The molecular weight excluding hydrogens is 212 g/mol. The van der Waals surface area contributed by atoms with Gasteiger partial charge in [0.1, 0.15) is 0 Å². The third kappa shape index (κ3) is 3.44. The van der Waals surface area contributed by atoms with E-state index in [1.807, 2.05) is 0 Å². The Morgan fingerprint density at radius 1 is 1.29 bits per heavy atom. The monoisotopic (exact) mass is 240 g/mol. The molecule has 1 aliphatic carbocycles. The Balaban J connectivity index is 2.71. The van der Waals surface area contributed by atoms with E-state index in [1.54, 1.807) is 0 Å². The zero-order chi connectivity index (χ0) is 13.3. The van der Waals surface area contributed by atoms with Crippen molar-refractivity contribution < 1.29 is 4.79 Å². The van der Waals surface area contributed by atoms with Crippen LogP contribution in [0.1, 0.15) is 60.3 Å². The first-order valence-electron chi connectivity index (χ1n) is 6.75. The number of nitrogens with two attached hydrogens (primary N) is 1. The second-order valence-corrected chi connectivity index (χ2v) is 6.89. The highest BCUT2D eigenvalue weighted by atomic mass is 16.1. The van der Waals surface area contributed by atoms with Gasteiger partial charge in [0, 0.05) is 6.04 Å². The molecule has 100 valence electrons. The van der Waals surface area contributed by atoms with Gasteiger partial charge in [-0.1, -0.05) is 20.8 Å². The minimum Gasteiger partial charge on any atom is -0.368 e. The van der Waals surface area contributed by atoms with E-state index in [0.717, 1.165) is 25.7 Å². The molecular formula is C14H28N2O. The molecule has 0 saturated heterocycles. The van der Waals surface area contributed by atoms with Crippen molar-refractivity contribution in [1.29, 1.82) is 0 Å². The first kappa shape index (κ1) is 14.5. The third-order valence-corrected chi connectivity index (χ3v) is 4.10. The van der Waals surface area contributed by atoms with E-state index in [2.05, 4.69) is 39.9 Å². The molecule has 1 amide bonds. The summed E-state index contributed by atoms with van der Waals surface area (Å²) in [6.07, 6.45) is 3.93. The molecule has 17 heavy (non-hydrogen) atoms. The van der Waals surface area contributed by atoms with E-state index in [-0.39, 0.29) is 5.91 Å². The molecule has 3 N–H and O–H groups in total. The summed E-state index contributed by atoms with van der Waals surface area (Å²) in [6, 6.07) is 0.300. The smallest absolute Gasteiger partial charge is 0.237 e. The maximum absolute atomic E-state index is 11.7. The summed E-state index contributed by atoms with van der Waals surface area (Å²) in [5.41, 5.74) is 5.48. The Morgan fingerprint density at radius 3 is 2.06 bits per heavy atom. The Hall–Kier alpha value is -0.570. The first-order valence-corrected chi connectivity index (χ1v) is 6.75. The van der Waals surface area contributed by atoms with Gasteiger partial charge in [0.15, 0.2) is 0 Å². The predicted molar refractivity (Wildman–Crippen MR) is 71.6 cm³/mol. The molecule has 1 saturated carbocycles. The minimum atomic E-state index is -0.462. The number of rotatable bonds is 3. The molecule has 0 radical (unpaired) electrons. The number of hydrogen-bond acceptors (Lipinski definition) is 2. The van der Waals surface area contributed by atoms with Crippen molar-refractivity contribution in [3.05, 3.63) is 0 Å². The second-order valence-electron chi connectivity index (χ2n) is 6.89. The van der Waals surface area contributed by atoms with Crippen LogP contribution in [0, 0.1) is 11.3 Å². The van der Waals surface area contributed by atoms with E-state index in [4.69, 9.17) is 5.73 Å². The number of hydrogen-bond donors (Lipinski definition) is 2. The molecule has 0 heterocycles. The molecule has 0 atom stereocenters. The van der Waals surface area contributed by atoms with Gasteiger partial charge in [-0.05, 0) is 50.9 Å². The third-order valence-electron chi connectivity index (χ3n) is 4.10. The minimum absolute atomic E-state index is 0.182. The van der Waals surface area contributed by atoms with Crippen LogP contribution in [0.25, 0.3) is 0 Å². The van der Waals surface area contributed by atoms with Crippen LogP contribution in [0.2, 0.25) is 0 Å². The second kappa shape index (κ2) is 4.97. The summed E-state index contributed by atoms with van der Waals surface area (Å²) in [6.45, 7) is 11.0. The summed E-state index contributed by atoms with van der Waals surface area (Å²) in [7, 11) is 0. The average Bonchev–Trinajstić information content (AvgIpc) is 2.15. The van der Waals surface area contributed by atoms with Crippen molar-refractivity contribution in [2.45, 2.75) is 71.9 Å². The average molecular weight is 240 g/mol. The molecule has 3 heteroatoms. The van der Waals surface area contributed by atoms with Gasteiger partial charge in [-0.3, -0.25) is 4.79 Å². The molecule has 0 spiro atoms. The summed E-state index contributed by atoms with van der Waals surface area (Å²) in [4.78, 5) is 11.7. The number of carbonyl (C=O) groups is 1. The molecule has 0 aliphatic heterocycles. The van der Waals surface area contributed by atoms with Crippen LogP contribution < -0.4 is 11.1 Å². The van der Waals surface area contributed by atoms with Crippen molar-refractivity contribution in [2.75, 3.05) is 0 Å². The van der Waals surface area contributed by atoms with Crippen molar-refractivity contribution in [3.63, 3.8) is 0 Å². The van der Waals surface area contributed by atoms with Gasteiger partial charge < -0.3 is 11.1 Å². The van der Waals surface area contributed by atoms with Crippen LogP contribution in [-0.2, 0) is 4.79 Å². The summed E-state index contributed by atoms with van der Waals surface area (Å²) in [5, 5.41) is 3.39. The fourth-order valence-electron chi connectivity index (χ4n) is 2.99. The first-order chi connectivity index (χ1) is 7.67. The van der Waals surface area contributed by atoms with Gasteiger partial charge in [-0.2, -0.15) is 0 Å². The maximum Gasteiger partial charge on any atom is 0.237 e. The Kier molecular flexibility index (Phi) is 4.23. The fourth-order valence-corrected chi connectivity index (χ4v) is 2.99. The normalized spacial score (nSPS) is 30.6. The number of amides is 1. The van der Waals surface area contributed by atoms with Gasteiger partial charge in [0.05, 0.1) is 5.54 Å². The topological polar surface area (TPSA) is 55.1 Å². The van der Waals surface area contributed by atoms with E-state index in [1.165, 1.54) is 0 Å². The highest BCUT2D eigenvalue weighted by molar-refractivity contribution is 5.84. The Labute approximate surface area is 106 Å². The van der Waals surface area contributed by atoms with Crippen LogP contribution in [0.4, 0.5) is 0 Å². The lowest BCUT2D eigenvalue weighted by Crippen LogP contribution is -2.59. The molecule has 1 fully saturated rings. The predicted octanol–water partition coefficient (Wildman–Crippen LogP) is 2.44. The van der Waals surface area contributed by atoms with Crippen LogP contribution >= 0.6 is 0 Å². The highest BCUT2D eigenvalue weighted by Gasteiger charge is 2.42. The molecule has 0 aromatic rings. The van der Waals surface area contributed by atoms with E-state index in [9.17, 15) is 4.79 Å². The fraction of sp³-hybridized carbons (Fsp3) is 0.929. The molecule has 0 aromatic heterocycles. The van der Waals surface area contributed by atoms with E-state index >= 15 is 0 Å². The number of carbonyl (C=O) groups excluding carboxylic acids is 1. The standard InChI is InChI=1S/C14H28N2O/c1-10(2)16-14(12(15)17)8-6-11(7-9-14)13(3,4)5/h10-11,16H,6-9H2,1-5H3,(H2,15,17). The summed E-state index contributed by atoms with van der Waals surface area (Å²) >= 11 is 0. The summed E-state index contributed by atoms with van der Waals surface area (Å²) in [5.74, 6) is 0.516. The SMILES string of the molecule is CC(C)NC1(C(N)=O)CCC(C(C)(C)C)CC1. The van der Waals surface area contributed by atoms with E-state index < -0.39 is 5.54 Å². The lowest BCUT2D eigenvalue weighted by atomic mass is 9.67. The highest BCUT2D eigenvalue weighted by Crippen LogP contribution is 2.41. The van der Waals surface area contributed by atoms with E-state index in [0.29, 0.717) is 17.4 Å².